The molecule has 1 amide bonds. The van der Waals surface area contributed by atoms with Gasteiger partial charge in [-0.3, -0.25) is 0 Å². The lowest BCUT2D eigenvalue weighted by Gasteiger charge is -2.39. The monoisotopic (exact) mass is 288 g/mol. The average Bonchev–Trinajstić information content (AvgIpc) is 2.57. The Morgan fingerprint density at radius 1 is 0.952 bits per heavy atom. The second kappa shape index (κ2) is 6.94. The lowest BCUT2D eigenvalue weighted by atomic mass is 10.0. The normalized spacial score (nSPS) is 21.2. The molecular formula is C17H24N2O2. The van der Waals surface area contributed by atoms with Crippen molar-refractivity contribution in [3.63, 3.8) is 0 Å². The molecule has 114 valence electrons. The highest BCUT2D eigenvalue weighted by Gasteiger charge is 2.28. The van der Waals surface area contributed by atoms with Gasteiger partial charge in [-0.1, -0.05) is 24.6 Å². The number of carbonyl (C=O) groups excluding carboxylic acids is 1. The fourth-order valence-electron chi connectivity index (χ4n) is 3.35. The molecule has 0 unspecified atom stereocenters. The van der Waals surface area contributed by atoms with Crippen molar-refractivity contribution >= 4 is 6.09 Å². The number of ether oxygens (including phenoxy) is 1. The molecule has 0 radical (unpaired) electrons. The van der Waals surface area contributed by atoms with Crippen LogP contribution in [0.5, 0.6) is 5.75 Å². The Bertz CT molecular complexity index is 449. The van der Waals surface area contributed by atoms with Crippen LogP contribution in [0.3, 0.4) is 0 Å². The molecule has 0 saturated carbocycles. The van der Waals surface area contributed by atoms with E-state index in [1.807, 2.05) is 35.2 Å². The molecule has 2 fully saturated rings. The minimum absolute atomic E-state index is 0.210. The molecule has 0 aromatic heterocycles. The third-order valence-corrected chi connectivity index (χ3v) is 4.58. The smallest absolute Gasteiger partial charge is 0.410 e. The summed E-state index contributed by atoms with van der Waals surface area (Å²) in [6.45, 7) is 4.10. The van der Waals surface area contributed by atoms with Crippen LogP contribution in [0.2, 0.25) is 0 Å². The zero-order valence-electron chi connectivity index (χ0n) is 12.5. The highest BCUT2D eigenvalue weighted by molar-refractivity contribution is 5.70. The molecule has 0 aliphatic carbocycles. The zero-order chi connectivity index (χ0) is 14.5. The van der Waals surface area contributed by atoms with Crippen LogP contribution in [0.1, 0.15) is 32.1 Å². The summed E-state index contributed by atoms with van der Waals surface area (Å²) in [6.07, 6.45) is 5.97. The number of hydrogen-bond acceptors (Lipinski definition) is 3. The summed E-state index contributed by atoms with van der Waals surface area (Å²) in [5, 5.41) is 0. The molecule has 1 aromatic carbocycles. The maximum Gasteiger partial charge on any atom is 0.415 e. The van der Waals surface area contributed by atoms with E-state index >= 15 is 0 Å². The topological polar surface area (TPSA) is 32.8 Å². The van der Waals surface area contributed by atoms with Crippen LogP contribution >= 0.6 is 0 Å². The Morgan fingerprint density at radius 3 is 2.29 bits per heavy atom. The first-order valence-electron chi connectivity index (χ1n) is 8.09. The van der Waals surface area contributed by atoms with Gasteiger partial charge in [0.05, 0.1) is 0 Å². The summed E-state index contributed by atoms with van der Waals surface area (Å²) in [7, 11) is 0. The first-order valence-corrected chi connectivity index (χ1v) is 8.09. The number of piperidine rings is 2. The zero-order valence-corrected chi connectivity index (χ0v) is 12.5. The summed E-state index contributed by atoms with van der Waals surface area (Å²) < 4.78 is 5.41. The van der Waals surface area contributed by atoms with Gasteiger partial charge in [-0.25, -0.2) is 4.79 Å². The third kappa shape index (κ3) is 3.76. The van der Waals surface area contributed by atoms with E-state index in [1.54, 1.807) is 0 Å². The van der Waals surface area contributed by atoms with Gasteiger partial charge >= 0.3 is 6.09 Å². The van der Waals surface area contributed by atoms with Crippen molar-refractivity contribution in [2.24, 2.45) is 0 Å². The van der Waals surface area contributed by atoms with Crippen LogP contribution in [0.25, 0.3) is 0 Å². The molecule has 2 saturated heterocycles. The Morgan fingerprint density at radius 2 is 1.62 bits per heavy atom. The second-order valence-corrected chi connectivity index (χ2v) is 6.00. The number of nitrogens with zero attached hydrogens (tertiary/aromatic N) is 2. The van der Waals surface area contributed by atoms with Crippen molar-refractivity contribution in [1.82, 2.24) is 9.80 Å². The highest BCUT2D eigenvalue weighted by Crippen LogP contribution is 2.21. The fraction of sp³-hybridized carbons (Fsp3) is 0.588. The van der Waals surface area contributed by atoms with Crippen molar-refractivity contribution in [2.45, 2.75) is 38.1 Å². The molecule has 21 heavy (non-hydrogen) atoms. The summed E-state index contributed by atoms with van der Waals surface area (Å²) in [5.74, 6) is 0.626. The Hall–Kier alpha value is -1.55. The number of benzene rings is 1. The molecule has 0 N–H and O–H groups in total. The molecule has 2 aliphatic rings. The van der Waals surface area contributed by atoms with Gasteiger partial charge < -0.3 is 14.5 Å². The van der Waals surface area contributed by atoms with E-state index in [2.05, 4.69) is 4.90 Å². The average molecular weight is 288 g/mol. The lowest BCUT2D eigenvalue weighted by Crippen LogP contribution is -2.48. The number of likely N-dealkylation sites (tertiary alicyclic amines) is 2. The molecule has 2 heterocycles. The van der Waals surface area contributed by atoms with Crippen molar-refractivity contribution in [3.8, 4) is 5.75 Å². The molecule has 0 bridgehead atoms. The maximum atomic E-state index is 12.1. The number of hydrogen-bond donors (Lipinski definition) is 0. The third-order valence-electron chi connectivity index (χ3n) is 4.58. The number of para-hydroxylation sites is 1. The highest BCUT2D eigenvalue weighted by atomic mass is 16.6. The number of rotatable bonds is 2. The molecule has 1 aromatic rings. The molecule has 2 aliphatic heterocycles. The van der Waals surface area contributed by atoms with E-state index < -0.39 is 0 Å². The minimum atomic E-state index is -0.210. The molecule has 0 atom stereocenters. The van der Waals surface area contributed by atoms with Crippen molar-refractivity contribution in [1.29, 1.82) is 0 Å². The molecule has 3 rings (SSSR count). The van der Waals surface area contributed by atoms with Crippen molar-refractivity contribution in [2.75, 3.05) is 26.2 Å². The van der Waals surface area contributed by atoms with Crippen LogP contribution in [-0.4, -0.2) is 48.1 Å². The van der Waals surface area contributed by atoms with Gasteiger partial charge in [-0.15, -0.1) is 0 Å². The van der Waals surface area contributed by atoms with Gasteiger partial charge in [0.25, 0.3) is 0 Å². The summed E-state index contributed by atoms with van der Waals surface area (Å²) >= 11 is 0. The van der Waals surface area contributed by atoms with E-state index in [1.165, 1.54) is 32.4 Å². The first kappa shape index (κ1) is 14.4. The fourth-order valence-corrected chi connectivity index (χ4v) is 3.35. The van der Waals surface area contributed by atoms with E-state index in [-0.39, 0.29) is 6.09 Å². The predicted octanol–water partition coefficient (Wildman–Crippen LogP) is 3.14. The lowest BCUT2D eigenvalue weighted by molar-refractivity contribution is 0.0878. The van der Waals surface area contributed by atoms with Gasteiger partial charge in [-0.05, 0) is 50.9 Å². The summed E-state index contributed by atoms with van der Waals surface area (Å²) in [5.41, 5.74) is 0. The maximum absolute atomic E-state index is 12.1. The minimum Gasteiger partial charge on any atom is -0.410 e. The van der Waals surface area contributed by atoms with Crippen molar-refractivity contribution in [3.05, 3.63) is 30.3 Å². The largest absolute Gasteiger partial charge is 0.415 e. The SMILES string of the molecule is O=C(Oc1ccccc1)N1CCC(N2CCCCC2)CC1. The molecule has 0 spiro atoms. The van der Waals surface area contributed by atoms with E-state index in [9.17, 15) is 4.79 Å². The predicted molar refractivity (Wildman–Crippen MR) is 82.5 cm³/mol. The Balaban J connectivity index is 1.47. The Labute approximate surface area is 126 Å². The van der Waals surface area contributed by atoms with E-state index in [4.69, 9.17) is 4.74 Å². The summed E-state index contributed by atoms with van der Waals surface area (Å²) in [4.78, 5) is 16.6. The number of carbonyl (C=O) groups is 1. The standard InChI is InChI=1S/C17H24N2O2/c20-17(21-16-7-3-1-4-8-16)19-13-9-15(10-14-19)18-11-5-2-6-12-18/h1,3-4,7-8,15H,2,5-6,9-14H2. The molecular weight excluding hydrogens is 264 g/mol. The first-order chi connectivity index (χ1) is 10.3. The van der Waals surface area contributed by atoms with Crippen molar-refractivity contribution < 1.29 is 9.53 Å². The van der Waals surface area contributed by atoms with Gasteiger partial charge in [0.1, 0.15) is 5.75 Å². The van der Waals surface area contributed by atoms with Crippen LogP contribution in [0.15, 0.2) is 30.3 Å². The molecule has 4 nitrogen and oxygen atoms in total. The summed E-state index contributed by atoms with van der Waals surface area (Å²) in [6, 6.07) is 9.97. The van der Waals surface area contributed by atoms with Crippen LogP contribution in [0.4, 0.5) is 4.79 Å². The van der Waals surface area contributed by atoms with Crippen LogP contribution in [0, 0.1) is 0 Å². The quantitative estimate of drug-likeness (QED) is 0.838. The van der Waals surface area contributed by atoms with Gasteiger partial charge in [0.15, 0.2) is 0 Å². The van der Waals surface area contributed by atoms with Crippen LogP contribution in [-0.2, 0) is 0 Å². The van der Waals surface area contributed by atoms with E-state index in [0.717, 1.165) is 25.9 Å². The number of amides is 1. The van der Waals surface area contributed by atoms with Gasteiger partial charge in [0.2, 0.25) is 0 Å². The van der Waals surface area contributed by atoms with E-state index in [0.29, 0.717) is 11.8 Å². The van der Waals surface area contributed by atoms with Gasteiger partial charge in [-0.2, -0.15) is 0 Å². The molecule has 4 heteroatoms. The Kier molecular flexibility index (Phi) is 4.76. The van der Waals surface area contributed by atoms with Crippen LogP contribution < -0.4 is 4.74 Å². The van der Waals surface area contributed by atoms with Gasteiger partial charge in [0, 0.05) is 19.1 Å². The second-order valence-electron chi connectivity index (χ2n) is 6.00.